The molecular formula is C16H21N5O3. The van der Waals surface area contributed by atoms with Crippen LogP contribution in [0.5, 0.6) is 0 Å². The molecule has 8 heteroatoms. The van der Waals surface area contributed by atoms with Crippen molar-refractivity contribution in [3.05, 3.63) is 35.5 Å². The molecule has 1 aliphatic rings. The molecule has 0 unspecified atom stereocenters. The van der Waals surface area contributed by atoms with Gasteiger partial charge in [-0.3, -0.25) is 4.79 Å². The predicted octanol–water partition coefficient (Wildman–Crippen LogP) is 0.698. The zero-order valence-electron chi connectivity index (χ0n) is 13.8. The van der Waals surface area contributed by atoms with E-state index in [1.54, 1.807) is 30.3 Å². The highest BCUT2D eigenvalue weighted by atomic mass is 16.5. The highest BCUT2D eigenvalue weighted by Gasteiger charge is 2.31. The summed E-state index contributed by atoms with van der Waals surface area (Å²) < 4.78 is 5.09. The number of carbonyl (C=O) groups is 1. The second-order valence-electron chi connectivity index (χ2n) is 6.00. The van der Waals surface area contributed by atoms with Crippen LogP contribution in [-0.2, 0) is 11.2 Å². The van der Waals surface area contributed by atoms with Crippen molar-refractivity contribution in [2.75, 3.05) is 18.4 Å². The molecule has 2 N–H and O–H groups in total. The fourth-order valence-corrected chi connectivity index (χ4v) is 2.88. The number of carbonyl (C=O) groups excluding carboxylic acids is 1. The number of hydrogen-bond donors (Lipinski definition) is 2. The molecule has 0 spiro atoms. The SMILES string of the molecule is Cc1noc(C)c1CC(=O)N1CC[C@@H](Nc2ncccn2)[C@H](O)C1. The van der Waals surface area contributed by atoms with Gasteiger partial charge in [0.1, 0.15) is 5.76 Å². The number of rotatable bonds is 4. The van der Waals surface area contributed by atoms with Crippen molar-refractivity contribution in [3.63, 3.8) is 0 Å². The van der Waals surface area contributed by atoms with E-state index in [2.05, 4.69) is 20.4 Å². The van der Waals surface area contributed by atoms with Crippen molar-refractivity contribution in [1.82, 2.24) is 20.0 Å². The summed E-state index contributed by atoms with van der Waals surface area (Å²) in [5.74, 6) is 1.12. The molecule has 3 rings (SSSR count). The molecule has 0 saturated carbocycles. The third kappa shape index (κ3) is 3.53. The molecule has 1 saturated heterocycles. The van der Waals surface area contributed by atoms with Gasteiger partial charge in [-0.2, -0.15) is 0 Å². The van der Waals surface area contributed by atoms with E-state index in [0.717, 1.165) is 11.3 Å². The number of likely N-dealkylation sites (tertiary alicyclic amines) is 1. The van der Waals surface area contributed by atoms with E-state index in [1.807, 2.05) is 6.92 Å². The minimum absolute atomic E-state index is 0.0298. The lowest BCUT2D eigenvalue weighted by molar-refractivity contribution is -0.133. The third-order valence-corrected chi connectivity index (χ3v) is 4.32. The predicted molar refractivity (Wildman–Crippen MR) is 86.3 cm³/mol. The third-order valence-electron chi connectivity index (χ3n) is 4.32. The lowest BCUT2D eigenvalue weighted by atomic mass is 10.0. The highest BCUT2D eigenvalue weighted by molar-refractivity contribution is 5.79. The van der Waals surface area contributed by atoms with E-state index < -0.39 is 6.10 Å². The van der Waals surface area contributed by atoms with Crippen molar-refractivity contribution in [2.24, 2.45) is 0 Å². The molecule has 2 aromatic heterocycles. The van der Waals surface area contributed by atoms with E-state index in [4.69, 9.17) is 4.52 Å². The van der Waals surface area contributed by atoms with Gasteiger partial charge in [0.2, 0.25) is 11.9 Å². The van der Waals surface area contributed by atoms with Crippen LogP contribution in [-0.4, -0.2) is 56.3 Å². The Morgan fingerprint density at radius 2 is 2.17 bits per heavy atom. The molecule has 24 heavy (non-hydrogen) atoms. The molecule has 0 radical (unpaired) electrons. The van der Waals surface area contributed by atoms with Gasteiger partial charge in [-0.25, -0.2) is 9.97 Å². The normalized spacial score (nSPS) is 20.9. The van der Waals surface area contributed by atoms with Gasteiger partial charge in [-0.1, -0.05) is 5.16 Å². The smallest absolute Gasteiger partial charge is 0.227 e. The van der Waals surface area contributed by atoms with E-state index in [1.165, 1.54) is 0 Å². The summed E-state index contributed by atoms with van der Waals surface area (Å²) in [5.41, 5.74) is 1.56. The zero-order valence-corrected chi connectivity index (χ0v) is 13.8. The second kappa shape index (κ2) is 6.96. The van der Waals surface area contributed by atoms with Crippen LogP contribution in [0.3, 0.4) is 0 Å². The van der Waals surface area contributed by atoms with Gasteiger partial charge in [0.15, 0.2) is 0 Å². The lowest BCUT2D eigenvalue weighted by Crippen LogP contribution is -2.52. The molecule has 2 aromatic rings. The minimum atomic E-state index is -0.670. The lowest BCUT2D eigenvalue weighted by Gasteiger charge is -2.36. The quantitative estimate of drug-likeness (QED) is 0.849. The Morgan fingerprint density at radius 3 is 2.79 bits per heavy atom. The first kappa shape index (κ1) is 16.4. The number of anilines is 1. The van der Waals surface area contributed by atoms with E-state index in [9.17, 15) is 9.90 Å². The average Bonchev–Trinajstić information content (AvgIpc) is 2.89. The summed E-state index contributed by atoms with van der Waals surface area (Å²) in [5, 5.41) is 17.3. The maximum Gasteiger partial charge on any atom is 0.227 e. The van der Waals surface area contributed by atoms with Crippen molar-refractivity contribution < 1.29 is 14.4 Å². The van der Waals surface area contributed by atoms with Crippen LogP contribution in [0.2, 0.25) is 0 Å². The maximum atomic E-state index is 12.5. The Hall–Kier alpha value is -2.48. The summed E-state index contributed by atoms with van der Waals surface area (Å²) in [6.45, 7) is 4.48. The number of aromatic nitrogens is 3. The van der Waals surface area contributed by atoms with Crippen LogP contribution in [0.15, 0.2) is 23.0 Å². The van der Waals surface area contributed by atoms with Gasteiger partial charge >= 0.3 is 0 Å². The van der Waals surface area contributed by atoms with E-state index >= 15 is 0 Å². The number of aliphatic hydroxyl groups is 1. The minimum Gasteiger partial charge on any atom is -0.389 e. The number of nitrogens with zero attached hydrogens (tertiary/aromatic N) is 4. The molecule has 1 amide bonds. The van der Waals surface area contributed by atoms with Gasteiger partial charge in [0.25, 0.3) is 0 Å². The molecule has 2 atom stereocenters. The number of β-amino-alcohol motifs (C(OH)–C–C–N with tert-alkyl or cyclic N) is 1. The monoisotopic (exact) mass is 331 g/mol. The first-order valence-electron chi connectivity index (χ1n) is 7.95. The number of aliphatic hydroxyl groups excluding tert-OH is 1. The van der Waals surface area contributed by atoms with E-state index in [0.29, 0.717) is 24.7 Å². The van der Waals surface area contributed by atoms with Gasteiger partial charge in [0, 0.05) is 31.0 Å². The Morgan fingerprint density at radius 1 is 1.42 bits per heavy atom. The molecular weight excluding hydrogens is 310 g/mol. The molecule has 128 valence electrons. The number of hydrogen-bond acceptors (Lipinski definition) is 7. The van der Waals surface area contributed by atoms with Crippen molar-refractivity contribution in [3.8, 4) is 0 Å². The van der Waals surface area contributed by atoms with Crippen LogP contribution >= 0.6 is 0 Å². The Kier molecular flexibility index (Phi) is 4.75. The van der Waals surface area contributed by atoms with Gasteiger partial charge < -0.3 is 19.8 Å². The van der Waals surface area contributed by atoms with Crippen LogP contribution in [0.25, 0.3) is 0 Å². The average molecular weight is 331 g/mol. The number of aryl methyl sites for hydroxylation is 2. The number of amides is 1. The molecule has 0 aromatic carbocycles. The largest absolute Gasteiger partial charge is 0.389 e. The molecule has 0 bridgehead atoms. The van der Waals surface area contributed by atoms with E-state index in [-0.39, 0.29) is 24.9 Å². The fraction of sp³-hybridized carbons (Fsp3) is 0.500. The molecule has 3 heterocycles. The van der Waals surface area contributed by atoms with Gasteiger partial charge in [-0.05, 0) is 26.3 Å². The van der Waals surface area contributed by atoms with Crippen molar-refractivity contribution in [2.45, 2.75) is 38.8 Å². The molecule has 1 fully saturated rings. The maximum absolute atomic E-state index is 12.5. The highest BCUT2D eigenvalue weighted by Crippen LogP contribution is 2.18. The van der Waals surface area contributed by atoms with Crippen LogP contribution in [0.1, 0.15) is 23.4 Å². The first-order valence-corrected chi connectivity index (χ1v) is 7.95. The first-order chi connectivity index (χ1) is 11.5. The Labute approximate surface area is 139 Å². The zero-order chi connectivity index (χ0) is 17.1. The Balaban J connectivity index is 1.58. The molecule has 1 aliphatic heterocycles. The van der Waals surface area contributed by atoms with Crippen molar-refractivity contribution >= 4 is 11.9 Å². The summed E-state index contributed by atoms with van der Waals surface area (Å²) in [6, 6.07) is 1.56. The summed E-state index contributed by atoms with van der Waals surface area (Å²) in [4.78, 5) is 22.4. The van der Waals surface area contributed by atoms with Crippen molar-refractivity contribution in [1.29, 1.82) is 0 Å². The molecule has 0 aliphatic carbocycles. The summed E-state index contributed by atoms with van der Waals surface area (Å²) in [7, 11) is 0. The van der Waals surface area contributed by atoms with Gasteiger partial charge in [-0.15, -0.1) is 0 Å². The summed E-state index contributed by atoms with van der Waals surface area (Å²) >= 11 is 0. The molecule has 8 nitrogen and oxygen atoms in total. The number of nitrogens with one attached hydrogen (secondary N) is 1. The topological polar surface area (TPSA) is 104 Å². The van der Waals surface area contributed by atoms with Crippen LogP contribution in [0.4, 0.5) is 5.95 Å². The van der Waals surface area contributed by atoms with Crippen LogP contribution < -0.4 is 5.32 Å². The summed E-state index contributed by atoms with van der Waals surface area (Å²) in [6.07, 6.45) is 3.49. The van der Waals surface area contributed by atoms with Gasteiger partial charge in [0.05, 0.1) is 24.3 Å². The standard InChI is InChI=1S/C16H21N5O3/c1-10-12(11(2)24-20-10)8-15(23)21-7-4-13(14(22)9-21)19-16-17-5-3-6-18-16/h3,5-6,13-14,22H,4,7-9H2,1-2H3,(H,17,18,19)/t13-,14-/m1/s1. The Bertz CT molecular complexity index is 683. The second-order valence-corrected chi connectivity index (χ2v) is 6.00. The number of piperidine rings is 1. The van der Waals surface area contributed by atoms with Crippen LogP contribution in [0, 0.1) is 13.8 Å². The fourth-order valence-electron chi connectivity index (χ4n) is 2.88.